The molecule has 0 spiro atoms. The molecule has 0 bridgehead atoms. The summed E-state index contributed by atoms with van der Waals surface area (Å²) in [7, 11) is -0.160. The summed E-state index contributed by atoms with van der Waals surface area (Å²) < 4.78 is 136. The quantitative estimate of drug-likeness (QED) is 0.548. The largest absolute Gasteiger partial charge is 0.494 e. The lowest BCUT2D eigenvalue weighted by Crippen LogP contribution is -2.43. The maximum atomic E-state index is 12.6. The zero-order valence-electron chi connectivity index (χ0n) is 8.57. The third kappa shape index (κ3) is 3.62. The molecule has 0 aromatic carbocycles. The van der Waals surface area contributed by atoms with E-state index in [-0.39, 0.29) is 7.11 Å². The highest BCUT2D eigenvalue weighted by molar-refractivity contribution is 5.26. The van der Waals surface area contributed by atoms with Crippen LogP contribution >= 0.6 is 0 Å². The maximum Gasteiger partial charge on any atom is 0.461 e. The zero-order valence-corrected chi connectivity index (χ0v) is 8.57. The van der Waals surface area contributed by atoms with Crippen LogP contribution in [0.5, 0.6) is 0 Å². The predicted octanol–water partition coefficient (Wildman–Crippen LogP) is 4.21. The van der Waals surface area contributed by atoms with Crippen molar-refractivity contribution in [3.05, 3.63) is 11.3 Å². The van der Waals surface area contributed by atoms with Crippen LogP contribution < -0.4 is 0 Å². The highest BCUT2D eigenvalue weighted by Crippen LogP contribution is 2.49. The Bertz CT molecular complexity index is 339. The van der Waals surface area contributed by atoms with E-state index in [2.05, 4.69) is 4.74 Å². The molecule has 0 aliphatic carbocycles. The van der Waals surface area contributed by atoms with Crippen LogP contribution in [0.1, 0.15) is 0 Å². The van der Waals surface area contributed by atoms with Crippen molar-refractivity contribution in [1.82, 2.24) is 0 Å². The molecule has 19 heavy (non-hydrogen) atoms. The van der Waals surface area contributed by atoms with Gasteiger partial charge in [-0.15, -0.1) is 0 Å². The number of ether oxygens (including phenoxy) is 1. The minimum atomic E-state index is -6.68. The van der Waals surface area contributed by atoms with Crippen LogP contribution in [0.25, 0.3) is 0 Å². The molecule has 0 rings (SSSR count). The van der Waals surface area contributed by atoms with Gasteiger partial charge in [-0.3, -0.25) is 0 Å². The molecule has 0 unspecified atom stereocenters. The second-order valence-electron chi connectivity index (χ2n) is 2.98. The zero-order chi connectivity index (χ0) is 15.9. The van der Waals surface area contributed by atoms with Gasteiger partial charge in [-0.2, -0.15) is 48.3 Å². The summed E-state index contributed by atoms with van der Waals surface area (Å²) in [5, 5.41) is 0. The summed E-state index contributed by atoms with van der Waals surface area (Å²) in [5.41, 5.74) is -4.05. The van der Waals surface area contributed by atoms with E-state index in [0.29, 0.717) is 0 Å². The van der Waals surface area contributed by atoms with Crippen molar-refractivity contribution in [2.45, 2.75) is 24.5 Å². The molecule has 0 aliphatic rings. The van der Waals surface area contributed by atoms with E-state index in [0.717, 1.165) is 0 Å². The Morgan fingerprint density at radius 1 is 0.684 bits per heavy atom. The van der Waals surface area contributed by atoms with Crippen LogP contribution in [0, 0.1) is 0 Å². The molecular weight excluding hydrogens is 309 g/mol. The second kappa shape index (κ2) is 4.71. The lowest BCUT2D eigenvalue weighted by Gasteiger charge is -2.26. The molecule has 0 radical (unpaired) electrons. The monoisotopic (exact) mass is 312 g/mol. The molecule has 1 nitrogen and oxygen atoms in total. The van der Waals surface area contributed by atoms with E-state index in [1.807, 2.05) is 0 Å². The first kappa shape index (κ1) is 17.8. The molecule has 114 valence electrons. The van der Waals surface area contributed by atoms with Gasteiger partial charge in [-0.1, -0.05) is 0 Å². The topological polar surface area (TPSA) is 9.23 Å². The first-order valence-corrected chi connectivity index (χ1v) is 3.94. The molecule has 0 N–H and O–H groups in total. The molecule has 0 aromatic rings. The minimum absolute atomic E-state index is 0.160. The van der Waals surface area contributed by atoms with Gasteiger partial charge in [-0.25, -0.2) is 0 Å². The van der Waals surface area contributed by atoms with Crippen LogP contribution in [0.15, 0.2) is 11.3 Å². The predicted molar refractivity (Wildman–Crippen MR) is 37.1 cm³/mol. The van der Waals surface area contributed by atoms with Crippen LogP contribution in [0.3, 0.4) is 0 Å². The third-order valence-electron chi connectivity index (χ3n) is 1.64. The van der Waals surface area contributed by atoms with Gasteiger partial charge in [0.15, 0.2) is 11.3 Å². The van der Waals surface area contributed by atoms with Gasteiger partial charge in [0.1, 0.15) is 0 Å². The van der Waals surface area contributed by atoms with Gasteiger partial charge in [-0.05, 0) is 0 Å². The average Bonchev–Trinajstić information content (AvgIpc) is 2.07. The Morgan fingerprint density at radius 2 is 1.00 bits per heavy atom. The summed E-state index contributed by atoms with van der Waals surface area (Å²) in [6, 6.07) is 0. The molecule has 0 fully saturated rings. The molecule has 12 heteroatoms. The van der Waals surface area contributed by atoms with E-state index >= 15 is 0 Å². The first-order chi connectivity index (χ1) is 8.06. The van der Waals surface area contributed by atoms with Crippen molar-refractivity contribution in [3.63, 3.8) is 0 Å². The van der Waals surface area contributed by atoms with Crippen molar-refractivity contribution in [2.75, 3.05) is 7.11 Å². The van der Waals surface area contributed by atoms with Crippen molar-refractivity contribution in [1.29, 1.82) is 0 Å². The second-order valence-corrected chi connectivity index (χ2v) is 2.98. The summed E-state index contributed by atoms with van der Waals surface area (Å²) in [6.07, 6.45) is -19.7. The van der Waals surface area contributed by atoms with Crippen molar-refractivity contribution in [3.8, 4) is 0 Å². The van der Waals surface area contributed by atoms with Gasteiger partial charge in [0.2, 0.25) is 0 Å². The lowest BCUT2D eigenvalue weighted by molar-refractivity contribution is -0.280. The normalized spacial score (nSPS) is 14.3. The van der Waals surface area contributed by atoms with E-state index in [1.54, 1.807) is 0 Å². The van der Waals surface area contributed by atoms with E-state index in [9.17, 15) is 48.3 Å². The van der Waals surface area contributed by atoms with E-state index in [4.69, 9.17) is 0 Å². The Balaban J connectivity index is 6.34. The van der Waals surface area contributed by atoms with Crippen molar-refractivity contribution >= 4 is 0 Å². The standard InChI is InChI=1S/C7H3F11O/c1-19-3(4(8,9)7(16,17)18)2(5(10,11)12)6(13,14)15/h1H3. The number of allylic oxidation sites excluding steroid dienone is 2. The van der Waals surface area contributed by atoms with Crippen LogP contribution in [-0.4, -0.2) is 31.6 Å². The number of rotatable bonds is 2. The fourth-order valence-corrected chi connectivity index (χ4v) is 0.934. The van der Waals surface area contributed by atoms with Gasteiger partial charge in [0.05, 0.1) is 7.11 Å². The summed E-state index contributed by atoms with van der Waals surface area (Å²) in [6.45, 7) is 0. The minimum Gasteiger partial charge on any atom is -0.494 e. The molecule has 0 atom stereocenters. The Labute approximate surface area is 97.2 Å². The average molecular weight is 312 g/mol. The fraction of sp³-hybridized carbons (Fsp3) is 0.714. The number of hydrogen-bond acceptors (Lipinski definition) is 1. The highest BCUT2D eigenvalue weighted by Gasteiger charge is 2.67. The Morgan fingerprint density at radius 3 is 1.16 bits per heavy atom. The van der Waals surface area contributed by atoms with Crippen molar-refractivity contribution in [2.24, 2.45) is 0 Å². The lowest BCUT2D eigenvalue weighted by atomic mass is 10.1. The first-order valence-electron chi connectivity index (χ1n) is 3.94. The number of methoxy groups -OCH3 is 1. The summed E-state index contributed by atoms with van der Waals surface area (Å²) in [5.74, 6) is -10.00. The van der Waals surface area contributed by atoms with E-state index in [1.165, 1.54) is 0 Å². The Hall–Kier alpha value is -1.23. The number of alkyl halides is 11. The maximum absolute atomic E-state index is 12.6. The number of hydrogen-bond donors (Lipinski definition) is 0. The Kier molecular flexibility index (Phi) is 4.40. The summed E-state index contributed by atoms with van der Waals surface area (Å²) in [4.78, 5) is 0. The molecule has 0 amide bonds. The van der Waals surface area contributed by atoms with E-state index < -0.39 is 35.8 Å². The van der Waals surface area contributed by atoms with Crippen LogP contribution in [-0.2, 0) is 4.74 Å². The number of halogens is 11. The molecule has 0 saturated heterocycles. The third-order valence-corrected chi connectivity index (χ3v) is 1.64. The molecule has 0 aromatic heterocycles. The SMILES string of the molecule is COC(=C(C(F)(F)F)C(F)(F)F)C(F)(F)C(F)(F)F. The fourth-order valence-electron chi connectivity index (χ4n) is 0.934. The van der Waals surface area contributed by atoms with Crippen LogP contribution in [0.2, 0.25) is 0 Å². The van der Waals surface area contributed by atoms with Gasteiger partial charge in [0.25, 0.3) is 0 Å². The molecular formula is C7H3F11O. The van der Waals surface area contributed by atoms with Gasteiger partial charge < -0.3 is 4.74 Å². The van der Waals surface area contributed by atoms with Gasteiger partial charge in [0, 0.05) is 0 Å². The molecule has 0 heterocycles. The molecule has 0 aliphatic heterocycles. The van der Waals surface area contributed by atoms with Crippen molar-refractivity contribution < 1.29 is 53.0 Å². The van der Waals surface area contributed by atoms with Gasteiger partial charge >= 0.3 is 24.5 Å². The summed E-state index contributed by atoms with van der Waals surface area (Å²) >= 11 is 0. The van der Waals surface area contributed by atoms with Crippen LogP contribution in [0.4, 0.5) is 48.3 Å². The molecule has 0 saturated carbocycles. The highest BCUT2D eigenvalue weighted by atomic mass is 19.4. The smallest absolute Gasteiger partial charge is 0.461 e.